The predicted molar refractivity (Wildman–Crippen MR) is 64.7 cm³/mol. The molecule has 1 rings (SSSR count). The largest absolute Gasteiger partial charge is 0.312 e. The SMILES string of the molecule is C#CCC(NCC)C1CSCCN1C. The summed E-state index contributed by atoms with van der Waals surface area (Å²) in [6.07, 6.45) is 6.23. The number of hydrogen-bond acceptors (Lipinski definition) is 3. The first-order chi connectivity index (χ1) is 6.79. The van der Waals surface area contributed by atoms with Gasteiger partial charge in [0.15, 0.2) is 0 Å². The van der Waals surface area contributed by atoms with Crippen molar-refractivity contribution in [3.63, 3.8) is 0 Å². The Morgan fingerprint density at radius 1 is 1.71 bits per heavy atom. The first-order valence-corrected chi connectivity index (χ1v) is 6.40. The van der Waals surface area contributed by atoms with Crippen LogP contribution in [0.5, 0.6) is 0 Å². The third-order valence-electron chi connectivity index (χ3n) is 2.71. The zero-order chi connectivity index (χ0) is 10.4. The zero-order valence-corrected chi connectivity index (χ0v) is 9.94. The van der Waals surface area contributed by atoms with E-state index in [0.717, 1.165) is 13.0 Å². The van der Waals surface area contributed by atoms with Gasteiger partial charge in [0.05, 0.1) is 0 Å². The van der Waals surface area contributed by atoms with E-state index in [4.69, 9.17) is 6.42 Å². The minimum atomic E-state index is 0.461. The van der Waals surface area contributed by atoms with E-state index >= 15 is 0 Å². The molecule has 3 heteroatoms. The highest BCUT2D eigenvalue weighted by atomic mass is 32.2. The van der Waals surface area contributed by atoms with Gasteiger partial charge < -0.3 is 10.2 Å². The molecule has 0 spiro atoms. The predicted octanol–water partition coefficient (Wildman–Crippen LogP) is 1.03. The van der Waals surface area contributed by atoms with Crippen molar-refractivity contribution in [2.75, 3.05) is 31.6 Å². The lowest BCUT2D eigenvalue weighted by Crippen LogP contribution is -2.52. The van der Waals surface area contributed by atoms with Crippen LogP contribution in [0.2, 0.25) is 0 Å². The summed E-state index contributed by atoms with van der Waals surface area (Å²) in [4.78, 5) is 2.43. The van der Waals surface area contributed by atoms with Gasteiger partial charge in [0.2, 0.25) is 0 Å². The van der Waals surface area contributed by atoms with Crippen LogP contribution in [0.3, 0.4) is 0 Å². The molecule has 0 aromatic carbocycles. The maximum atomic E-state index is 5.40. The van der Waals surface area contributed by atoms with Crippen LogP contribution in [0, 0.1) is 12.3 Å². The van der Waals surface area contributed by atoms with Crippen LogP contribution in [-0.4, -0.2) is 48.6 Å². The van der Waals surface area contributed by atoms with E-state index < -0.39 is 0 Å². The maximum absolute atomic E-state index is 5.40. The minimum absolute atomic E-state index is 0.461. The Balaban J connectivity index is 2.51. The second-order valence-electron chi connectivity index (χ2n) is 3.70. The Kier molecular flexibility index (Phi) is 5.39. The van der Waals surface area contributed by atoms with E-state index in [1.165, 1.54) is 18.1 Å². The van der Waals surface area contributed by atoms with E-state index in [1.807, 2.05) is 11.8 Å². The summed E-state index contributed by atoms with van der Waals surface area (Å²) < 4.78 is 0. The van der Waals surface area contributed by atoms with Crippen molar-refractivity contribution in [2.24, 2.45) is 0 Å². The normalized spacial score (nSPS) is 25.6. The first-order valence-electron chi connectivity index (χ1n) is 5.24. The standard InChI is InChI=1S/C11H20N2S/c1-4-6-10(12-5-2)11-9-14-8-7-13(11)3/h1,10-12H,5-9H2,2-3H3. The lowest BCUT2D eigenvalue weighted by atomic mass is 10.1. The Morgan fingerprint density at radius 3 is 3.07 bits per heavy atom. The molecule has 1 fully saturated rings. The molecule has 1 saturated heterocycles. The summed E-state index contributed by atoms with van der Waals surface area (Å²) in [6.45, 7) is 4.32. The number of terminal acetylenes is 1. The molecule has 0 amide bonds. The summed E-state index contributed by atoms with van der Waals surface area (Å²) in [5, 5.41) is 3.49. The Bertz CT molecular complexity index is 200. The highest BCUT2D eigenvalue weighted by Crippen LogP contribution is 2.18. The van der Waals surface area contributed by atoms with Gasteiger partial charge in [-0.25, -0.2) is 0 Å². The number of nitrogens with one attached hydrogen (secondary N) is 1. The molecule has 0 radical (unpaired) electrons. The quantitative estimate of drug-likeness (QED) is 0.701. The molecule has 0 saturated carbocycles. The number of hydrogen-bond donors (Lipinski definition) is 1. The van der Waals surface area contributed by atoms with Gasteiger partial charge >= 0.3 is 0 Å². The smallest absolute Gasteiger partial charge is 0.0346 e. The van der Waals surface area contributed by atoms with Crippen molar-refractivity contribution in [3.8, 4) is 12.3 Å². The molecule has 0 aromatic heterocycles. The number of nitrogens with zero attached hydrogens (tertiary/aromatic N) is 1. The van der Waals surface area contributed by atoms with E-state index in [-0.39, 0.29) is 0 Å². The van der Waals surface area contributed by atoms with Gasteiger partial charge in [-0.1, -0.05) is 6.92 Å². The lowest BCUT2D eigenvalue weighted by Gasteiger charge is -2.37. The molecule has 2 unspecified atom stereocenters. The average molecular weight is 212 g/mol. The summed E-state index contributed by atoms with van der Waals surface area (Å²) in [6, 6.07) is 1.06. The van der Waals surface area contributed by atoms with Crippen LogP contribution >= 0.6 is 11.8 Å². The third kappa shape index (κ3) is 3.20. The van der Waals surface area contributed by atoms with Gasteiger partial charge in [-0.15, -0.1) is 12.3 Å². The summed E-state index contributed by atoms with van der Waals surface area (Å²) >= 11 is 2.04. The Hall–Kier alpha value is -0.170. The van der Waals surface area contributed by atoms with Crippen LogP contribution in [0.1, 0.15) is 13.3 Å². The van der Waals surface area contributed by atoms with E-state index in [2.05, 4.69) is 30.1 Å². The molecule has 14 heavy (non-hydrogen) atoms. The van der Waals surface area contributed by atoms with Crippen LogP contribution in [0.25, 0.3) is 0 Å². The second kappa shape index (κ2) is 6.34. The van der Waals surface area contributed by atoms with E-state index in [1.54, 1.807) is 0 Å². The molecule has 2 atom stereocenters. The molecule has 80 valence electrons. The fourth-order valence-corrected chi connectivity index (χ4v) is 3.17. The minimum Gasteiger partial charge on any atom is -0.312 e. The summed E-state index contributed by atoms with van der Waals surface area (Å²) in [7, 11) is 2.20. The fraction of sp³-hybridized carbons (Fsp3) is 0.818. The lowest BCUT2D eigenvalue weighted by molar-refractivity contribution is 0.217. The monoisotopic (exact) mass is 212 g/mol. The molecule has 1 aliphatic heterocycles. The number of thioether (sulfide) groups is 1. The van der Waals surface area contributed by atoms with E-state index in [0.29, 0.717) is 12.1 Å². The summed E-state index contributed by atoms with van der Waals surface area (Å²) in [5.41, 5.74) is 0. The molecule has 0 aliphatic carbocycles. The van der Waals surface area contributed by atoms with Crippen molar-refractivity contribution in [2.45, 2.75) is 25.4 Å². The molecule has 1 N–H and O–H groups in total. The highest BCUT2D eigenvalue weighted by molar-refractivity contribution is 7.99. The Morgan fingerprint density at radius 2 is 2.50 bits per heavy atom. The van der Waals surface area contributed by atoms with Crippen LogP contribution in [0.15, 0.2) is 0 Å². The molecular weight excluding hydrogens is 192 g/mol. The van der Waals surface area contributed by atoms with Crippen molar-refractivity contribution in [1.82, 2.24) is 10.2 Å². The van der Waals surface area contributed by atoms with Crippen LogP contribution < -0.4 is 5.32 Å². The zero-order valence-electron chi connectivity index (χ0n) is 9.12. The van der Waals surface area contributed by atoms with Gasteiger partial charge in [-0.3, -0.25) is 0 Å². The number of likely N-dealkylation sites (N-methyl/N-ethyl adjacent to an activating group) is 2. The van der Waals surface area contributed by atoms with Crippen molar-refractivity contribution in [1.29, 1.82) is 0 Å². The fourth-order valence-electron chi connectivity index (χ4n) is 1.86. The van der Waals surface area contributed by atoms with Crippen molar-refractivity contribution < 1.29 is 0 Å². The Labute approximate surface area is 91.8 Å². The van der Waals surface area contributed by atoms with Crippen molar-refractivity contribution in [3.05, 3.63) is 0 Å². The molecule has 0 bridgehead atoms. The van der Waals surface area contributed by atoms with Crippen LogP contribution in [-0.2, 0) is 0 Å². The third-order valence-corrected chi connectivity index (χ3v) is 3.76. The summed E-state index contributed by atoms with van der Waals surface area (Å²) in [5.74, 6) is 5.23. The van der Waals surface area contributed by atoms with Gasteiger partial charge in [0, 0.05) is 36.6 Å². The molecule has 0 aromatic rings. The molecule has 1 aliphatic rings. The highest BCUT2D eigenvalue weighted by Gasteiger charge is 2.26. The average Bonchev–Trinajstić information content (AvgIpc) is 2.18. The van der Waals surface area contributed by atoms with Gasteiger partial charge in [-0.2, -0.15) is 11.8 Å². The number of rotatable bonds is 4. The first kappa shape index (κ1) is 11.9. The maximum Gasteiger partial charge on any atom is 0.0346 e. The van der Waals surface area contributed by atoms with Gasteiger partial charge in [-0.05, 0) is 13.6 Å². The molecule has 1 heterocycles. The second-order valence-corrected chi connectivity index (χ2v) is 4.85. The van der Waals surface area contributed by atoms with Gasteiger partial charge in [0.1, 0.15) is 0 Å². The van der Waals surface area contributed by atoms with Gasteiger partial charge in [0.25, 0.3) is 0 Å². The molecular formula is C11H20N2S. The van der Waals surface area contributed by atoms with Crippen molar-refractivity contribution >= 4 is 11.8 Å². The molecule has 2 nitrogen and oxygen atoms in total. The van der Waals surface area contributed by atoms with E-state index in [9.17, 15) is 0 Å². The van der Waals surface area contributed by atoms with Crippen LogP contribution in [0.4, 0.5) is 0 Å². The topological polar surface area (TPSA) is 15.3 Å².